The Morgan fingerprint density at radius 2 is 1.91 bits per heavy atom. The molecule has 0 radical (unpaired) electrons. The van der Waals surface area contributed by atoms with Gasteiger partial charge in [0.1, 0.15) is 11.6 Å². The zero-order valence-corrected chi connectivity index (χ0v) is 22.1. The van der Waals surface area contributed by atoms with Gasteiger partial charge in [0, 0.05) is 5.54 Å². The van der Waals surface area contributed by atoms with Crippen LogP contribution in [0.1, 0.15) is 81.1 Å². The lowest BCUT2D eigenvalue weighted by Gasteiger charge is -2.41. The summed E-state index contributed by atoms with van der Waals surface area (Å²) >= 11 is 0. The van der Waals surface area contributed by atoms with Crippen molar-refractivity contribution in [1.82, 2.24) is 10.2 Å². The molecule has 3 aliphatic heterocycles. The fourth-order valence-corrected chi connectivity index (χ4v) is 6.84. The summed E-state index contributed by atoms with van der Waals surface area (Å²) in [6.45, 7) is 16.0. The average molecular weight is 481 g/mol. The lowest BCUT2D eigenvalue weighted by atomic mass is 9.70. The highest BCUT2D eigenvalue weighted by Crippen LogP contribution is 2.59. The molecule has 7 atom stereocenters. The van der Waals surface area contributed by atoms with Crippen molar-refractivity contribution in [2.45, 2.75) is 110 Å². The molecule has 0 aromatic rings. The molecule has 0 saturated carbocycles. The molecule has 1 spiro atoms. The first-order valence-corrected chi connectivity index (χ1v) is 12.8. The molecular formula is C26H44N2O6. The van der Waals surface area contributed by atoms with Crippen LogP contribution >= 0.6 is 0 Å². The van der Waals surface area contributed by atoms with Gasteiger partial charge in [0.2, 0.25) is 11.8 Å². The van der Waals surface area contributed by atoms with Crippen molar-refractivity contribution in [3.63, 3.8) is 0 Å². The number of aliphatic hydroxyl groups is 1. The number of fused-ring (bicyclic) bond motifs is 1. The van der Waals surface area contributed by atoms with E-state index in [-0.39, 0.29) is 36.4 Å². The molecule has 0 unspecified atom stereocenters. The SMILES string of the molecule is CCOC(=O)[C@@H]1[C@@H]2CC[C@]3(O2)[C@H](C(=O)NC(C)(C)CC(C)(C)C)N([C@@H](CO)[C@@H](C)CC)C(=O)[C@@H]13. The second-order valence-electron chi connectivity index (χ2n) is 12.3. The minimum absolute atomic E-state index is 0.00946. The number of hydrogen-bond acceptors (Lipinski definition) is 6. The highest BCUT2D eigenvalue weighted by Gasteiger charge is 2.75. The minimum Gasteiger partial charge on any atom is -0.466 e. The van der Waals surface area contributed by atoms with Gasteiger partial charge in [0.05, 0.1) is 37.2 Å². The number of hydrogen-bond donors (Lipinski definition) is 2. The number of carbonyl (C=O) groups is 3. The fraction of sp³-hybridized carbons (Fsp3) is 0.885. The largest absolute Gasteiger partial charge is 0.466 e. The Balaban J connectivity index is 2.04. The molecule has 3 aliphatic rings. The zero-order valence-electron chi connectivity index (χ0n) is 22.1. The van der Waals surface area contributed by atoms with Gasteiger partial charge >= 0.3 is 5.97 Å². The van der Waals surface area contributed by atoms with Crippen LogP contribution in [0.4, 0.5) is 0 Å². The lowest BCUT2D eigenvalue weighted by Crippen LogP contribution is -2.62. The normalized spacial score (nSPS) is 32.5. The first kappa shape index (κ1) is 26.9. The summed E-state index contributed by atoms with van der Waals surface area (Å²) in [6, 6.07) is -1.44. The summed E-state index contributed by atoms with van der Waals surface area (Å²) in [5.74, 6) is -2.53. The molecule has 3 rings (SSSR count). The van der Waals surface area contributed by atoms with Crippen molar-refractivity contribution >= 4 is 17.8 Å². The van der Waals surface area contributed by atoms with Crippen molar-refractivity contribution < 1.29 is 29.0 Å². The number of nitrogens with one attached hydrogen (secondary N) is 1. The molecule has 0 aromatic heterocycles. The number of rotatable bonds is 9. The van der Waals surface area contributed by atoms with Crippen LogP contribution < -0.4 is 5.32 Å². The number of aliphatic hydroxyl groups excluding tert-OH is 1. The lowest BCUT2D eigenvalue weighted by molar-refractivity contribution is -0.156. The maximum atomic E-state index is 14.0. The topological polar surface area (TPSA) is 105 Å². The molecule has 0 aliphatic carbocycles. The van der Waals surface area contributed by atoms with E-state index in [1.54, 1.807) is 11.8 Å². The van der Waals surface area contributed by atoms with Crippen LogP contribution in [-0.2, 0) is 23.9 Å². The molecule has 2 N–H and O–H groups in total. The van der Waals surface area contributed by atoms with Gasteiger partial charge in [-0.25, -0.2) is 0 Å². The predicted octanol–water partition coefficient (Wildman–Crippen LogP) is 2.66. The quantitative estimate of drug-likeness (QED) is 0.492. The van der Waals surface area contributed by atoms with Crippen molar-refractivity contribution in [3.05, 3.63) is 0 Å². The van der Waals surface area contributed by atoms with Crippen molar-refractivity contribution in [2.24, 2.45) is 23.2 Å². The van der Waals surface area contributed by atoms with Crippen LogP contribution in [0.2, 0.25) is 0 Å². The van der Waals surface area contributed by atoms with Gasteiger partial charge in [-0.2, -0.15) is 0 Å². The number of carbonyl (C=O) groups excluding carboxylic acids is 3. The predicted molar refractivity (Wildman–Crippen MR) is 128 cm³/mol. The highest BCUT2D eigenvalue weighted by atomic mass is 16.6. The van der Waals surface area contributed by atoms with Crippen LogP contribution in [-0.4, -0.2) is 70.3 Å². The van der Waals surface area contributed by atoms with Gasteiger partial charge in [-0.3, -0.25) is 14.4 Å². The van der Waals surface area contributed by atoms with Gasteiger partial charge < -0.3 is 24.8 Å². The summed E-state index contributed by atoms with van der Waals surface area (Å²) in [5, 5.41) is 13.5. The van der Waals surface area contributed by atoms with Crippen molar-refractivity contribution in [3.8, 4) is 0 Å². The van der Waals surface area contributed by atoms with E-state index in [9.17, 15) is 19.5 Å². The summed E-state index contributed by atoms with van der Waals surface area (Å²) < 4.78 is 11.7. The Kier molecular flexibility index (Phi) is 7.46. The molecule has 0 aromatic carbocycles. The Labute approximate surface area is 204 Å². The van der Waals surface area contributed by atoms with E-state index in [4.69, 9.17) is 9.47 Å². The second-order valence-corrected chi connectivity index (χ2v) is 12.3. The smallest absolute Gasteiger partial charge is 0.312 e. The number of esters is 1. The molecule has 2 amide bonds. The Morgan fingerprint density at radius 3 is 2.44 bits per heavy atom. The van der Waals surface area contributed by atoms with E-state index in [1.807, 2.05) is 27.7 Å². The summed E-state index contributed by atoms with van der Waals surface area (Å²) in [6.07, 6.45) is 2.18. The maximum absolute atomic E-state index is 14.0. The van der Waals surface area contributed by atoms with Gasteiger partial charge in [-0.1, -0.05) is 41.0 Å². The van der Waals surface area contributed by atoms with Crippen LogP contribution in [0, 0.1) is 23.2 Å². The fourth-order valence-electron chi connectivity index (χ4n) is 6.84. The first-order valence-electron chi connectivity index (χ1n) is 12.8. The van der Waals surface area contributed by atoms with E-state index in [0.29, 0.717) is 12.8 Å². The molecule has 2 bridgehead atoms. The molecular weight excluding hydrogens is 436 g/mol. The zero-order chi connectivity index (χ0) is 25.6. The molecule has 3 saturated heterocycles. The summed E-state index contributed by atoms with van der Waals surface area (Å²) in [4.78, 5) is 42.4. The van der Waals surface area contributed by atoms with E-state index in [0.717, 1.165) is 12.8 Å². The van der Waals surface area contributed by atoms with E-state index in [2.05, 4.69) is 26.1 Å². The molecule has 8 nitrogen and oxygen atoms in total. The van der Waals surface area contributed by atoms with Gasteiger partial charge in [-0.15, -0.1) is 0 Å². The number of likely N-dealkylation sites (tertiary alicyclic amines) is 1. The standard InChI is InChI=1S/C26H44N2O6/c1-9-15(3)16(13-29)28-20(21(30)27-25(7,8)14-24(4,5)6)26-12-11-17(34-26)18(19(26)22(28)31)23(32)33-10-2/h15-20,29H,9-14H2,1-8H3,(H,27,30)/t15-,16-,17-,18+,19+,20-,26+/m0/s1. The molecule has 194 valence electrons. The maximum Gasteiger partial charge on any atom is 0.312 e. The molecule has 3 fully saturated rings. The van der Waals surface area contributed by atoms with Gasteiger partial charge in [-0.05, 0) is 51.4 Å². The van der Waals surface area contributed by atoms with Gasteiger partial charge in [0.15, 0.2) is 0 Å². The Morgan fingerprint density at radius 1 is 1.26 bits per heavy atom. The molecule has 3 heterocycles. The second kappa shape index (κ2) is 9.41. The number of nitrogens with zero attached hydrogens (tertiary/aromatic N) is 1. The third-order valence-electron chi connectivity index (χ3n) is 7.82. The third kappa shape index (κ3) is 4.60. The van der Waals surface area contributed by atoms with E-state index in [1.165, 1.54) is 0 Å². The Hall–Kier alpha value is -1.67. The van der Waals surface area contributed by atoms with Crippen molar-refractivity contribution in [1.29, 1.82) is 0 Å². The highest BCUT2D eigenvalue weighted by molar-refractivity contribution is 5.98. The third-order valence-corrected chi connectivity index (χ3v) is 7.82. The van der Waals surface area contributed by atoms with Crippen LogP contribution in [0.25, 0.3) is 0 Å². The Bertz CT molecular complexity index is 806. The number of amides is 2. The average Bonchev–Trinajstić information content (AvgIpc) is 3.34. The molecule has 8 heteroatoms. The molecule has 34 heavy (non-hydrogen) atoms. The van der Waals surface area contributed by atoms with Gasteiger partial charge in [0.25, 0.3) is 0 Å². The van der Waals surface area contributed by atoms with E-state index >= 15 is 0 Å². The van der Waals surface area contributed by atoms with E-state index < -0.39 is 47.1 Å². The summed E-state index contributed by atoms with van der Waals surface area (Å²) in [7, 11) is 0. The number of ether oxygens (including phenoxy) is 2. The van der Waals surface area contributed by atoms with Crippen LogP contribution in [0.5, 0.6) is 0 Å². The van der Waals surface area contributed by atoms with Crippen molar-refractivity contribution in [2.75, 3.05) is 13.2 Å². The monoisotopic (exact) mass is 480 g/mol. The van der Waals surface area contributed by atoms with Crippen LogP contribution in [0.3, 0.4) is 0 Å². The van der Waals surface area contributed by atoms with Crippen LogP contribution in [0.15, 0.2) is 0 Å². The first-order chi connectivity index (χ1) is 15.7. The summed E-state index contributed by atoms with van der Waals surface area (Å²) in [5.41, 5.74) is -1.60. The minimum atomic E-state index is -1.08.